The van der Waals surface area contributed by atoms with Crippen molar-refractivity contribution in [3.63, 3.8) is 0 Å². The van der Waals surface area contributed by atoms with E-state index >= 15 is 0 Å². The number of ether oxygens (including phenoxy) is 2. The molecule has 0 radical (unpaired) electrons. The maximum absolute atomic E-state index is 5.19. The lowest BCUT2D eigenvalue weighted by atomic mass is 10.2. The highest BCUT2D eigenvalue weighted by Gasteiger charge is 2.15. The Morgan fingerprint density at radius 2 is 1.70 bits per heavy atom. The Balaban J connectivity index is 1.88. The average molecular weight is 315 g/mol. The zero-order valence-corrected chi connectivity index (χ0v) is 13.4. The molecule has 0 unspecified atom stereocenters. The molecule has 1 aromatic carbocycles. The molecule has 0 bridgehead atoms. The summed E-state index contributed by atoms with van der Waals surface area (Å²) < 4.78 is 10.4. The third-order valence-corrected chi connectivity index (χ3v) is 3.71. The fourth-order valence-corrected chi connectivity index (χ4v) is 2.55. The fraction of sp³-hybridized carbons (Fsp3) is 0.375. The Bertz CT molecular complexity index is 636. The van der Waals surface area contributed by atoms with Gasteiger partial charge in [0, 0.05) is 26.2 Å². The highest BCUT2D eigenvalue weighted by molar-refractivity contribution is 5.73. The Labute approximate surface area is 135 Å². The van der Waals surface area contributed by atoms with E-state index in [-0.39, 0.29) is 0 Å². The van der Waals surface area contributed by atoms with Gasteiger partial charge in [-0.05, 0) is 12.1 Å². The van der Waals surface area contributed by atoms with Gasteiger partial charge in [-0.3, -0.25) is 0 Å². The van der Waals surface area contributed by atoms with Crippen LogP contribution < -0.4 is 25.0 Å². The molecule has 0 atom stereocenters. The standard InChI is InChI=1S/C16H21N5O2/c1-22-14-11-15(23-2)20-16(19-14)18-12-5-3-4-6-13(12)21-9-7-17-8-10-21/h3-6,11,17H,7-10H2,1-2H3,(H,18,19,20). The van der Waals surface area contributed by atoms with Crippen molar-refractivity contribution in [3.05, 3.63) is 30.3 Å². The van der Waals surface area contributed by atoms with Crippen molar-refractivity contribution < 1.29 is 9.47 Å². The van der Waals surface area contributed by atoms with Crippen LogP contribution in [0.25, 0.3) is 0 Å². The summed E-state index contributed by atoms with van der Waals surface area (Å²) in [6, 6.07) is 9.80. The molecule has 1 aliphatic heterocycles. The summed E-state index contributed by atoms with van der Waals surface area (Å²) in [5.41, 5.74) is 2.10. The number of piperazine rings is 1. The van der Waals surface area contributed by atoms with Crippen molar-refractivity contribution in [1.82, 2.24) is 15.3 Å². The molecule has 7 nitrogen and oxygen atoms in total. The Hall–Kier alpha value is -2.54. The molecule has 2 heterocycles. The van der Waals surface area contributed by atoms with Gasteiger partial charge in [0.05, 0.1) is 31.7 Å². The SMILES string of the molecule is COc1cc(OC)nc(Nc2ccccc2N2CCNCC2)n1. The van der Waals surface area contributed by atoms with E-state index in [0.717, 1.165) is 37.6 Å². The molecule has 2 N–H and O–H groups in total. The van der Waals surface area contributed by atoms with Crippen molar-refractivity contribution in [1.29, 1.82) is 0 Å². The largest absolute Gasteiger partial charge is 0.481 e. The number of nitrogens with zero attached hydrogens (tertiary/aromatic N) is 3. The number of rotatable bonds is 5. The van der Waals surface area contributed by atoms with Gasteiger partial charge in [0.25, 0.3) is 0 Å². The topological polar surface area (TPSA) is 71.5 Å². The monoisotopic (exact) mass is 315 g/mol. The predicted octanol–water partition coefficient (Wildman–Crippen LogP) is 1.65. The lowest BCUT2D eigenvalue weighted by Gasteiger charge is -2.31. The first-order valence-electron chi connectivity index (χ1n) is 7.59. The summed E-state index contributed by atoms with van der Waals surface area (Å²) in [6.07, 6.45) is 0. The molecular weight excluding hydrogens is 294 g/mol. The van der Waals surface area contributed by atoms with Crippen LogP contribution in [0.3, 0.4) is 0 Å². The van der Waals surface area contributed by atoms with E-state index in [9.17, 15) is 0 Å². The smallest absolute Gasteiger partial charge is 0.233 e. The van der Waals surface area contributed by atoms with Gasteiger partial charge in [-0.1, -0.05) is 12.1 Å². The normalized spacial score (nSPS) is 14.4. The number of para-hydroxylation sites is 2. The van der Waals surface area contributed by atoms with E-state index in [1.54, 1.807) is 20.3 Å². The summed E-state index contributed by atoms with van der Waals surface area (Å²) >= 11 is 0. The van der Waals surface area contributed by atoms with Crippen molar-refractivity contribution in [2.45, 2.75) is 0 Å². The molecule has 7 heteroatoms. The van der Waals surface area contributed by atoms with Crippen LogP contribution in [0, 0.1) is 0 Å². The van der Waals surface area contributed by atoms with E-state index in [1.165, 1.54) is 0 Å². The van der Waals surface area contributed by atoms with Gasteiger partial charge in [-0.25, -0.2) is 0 Å². The summed E-state index contributed by atoms with van der Waals surface area (Å²) in [4.78, 5) is 11.0. The van der Waals surface area contributed by atoms with E-state index < -0.39 is 0 Å². The molecule has 122 valence electrons. The molecule has 0 aliphatic carbocycles. The van der Waals surface area contributed by atoms with E-state index in [4.69, 9.17) is 9.47 Å². The first-order valence-corrected chi connectivity index (χ1v) is 7.59. The van der Waals surface area contributed by atoms with Crippen LogP contribution in [-0.2, 0) is 0 Å². The minimum atomic E-state index is 0.448. The number of hydrogen-bond donors (Lipinski definition) is 2. The van der Waals surface area contributed by atoms with Crippen LogP contribution in [0.2, 0.25) is 0 Å². The van der Waals surface area contributed by atoms with Crippen molar-refractivity contribution >= 4 is 17.3 Å². The number of benzene rings is 1. The highest BCUT2D eigenvalue weighted by atomic mass is 16.5. The molecule has 0 saturated carbocycles. The van der Waals surface area contributed by atoms with Gasteiger partial charge in [0.2, 0.25) is 17.7 Å². The first kappa shape index (κ1) is 15.4. The molecule has 23 heavy (non-hydrogen) atoms. The molecular formula is C16H21N5O2. The van der Waals surface area contributed by atoms with E-state index in [1.807, 2.05) is 18.2 Å². The highest BCUT2D eigenvalue weighted by Crippen LogP contribution is 2.29. The minimum absolute atomic E-state index is 0.448. The second-order valence-electron chi connectivity index (χ2n) is 5.16. The number of nitrogens with one attached hydrogen (secondary N) is 2. The number of anilines is 3. The molecule has 0 spiro atoms. The number of aromatic nitrogens is 2. The van der Waals surface area contributed by atoms with E-state index in [2.05, 4.69) is 31.6 Å². The molecule has 1 fully saturated rings. The van der Waals surface area contributed by atoms with Gasteiger partial charge in [-0.15, -0.1) is 0 Å². The molecule has 2 aromatic rings. The van der Waals surface area contributed by atoms with Crippen molar-refractivity contribution in [3.8, 4) is 11.8 Å². The first-order chi connectivity index (χ1) is 11.3. The number of methoxy groups -OCH3 is 2. The van der Waals surface area contributed by atoms with Gasteiger partial charge < -0.3 is 25.0 Å². The van der Waals surface area contributed by atoms with Crippen LogP contribution >= 0.6 is 0 Å². The lowest BCUT2D eigenvalue weighted by molar-refractivity contribution is 0.373. The summed E-state index contributed by atoms with van der Waals surface area (Å²) in [5, 5.41) is 6.64. The Morgan fingerprint density at radius 1 is 1.04 bits per heavy atom. The van der Waals surface area contributed by atoms with E-state index in [0.29, 0.717) is 17.7 Å². The summed E-state index contributed by atoms with van der Waals surface area (Å²) in [7, 11) is 3.14. The lowest BCUT2D eigenvalue weighted by Crippen LogP contribution is -2.43. The zero-order valence-electron chi connectivity index (χ0n) is 13.4. The Morgan fingerprint density at radius 3 is 2.35 bits per heavy atom. The molecule has 1 aromatic heterocycles. The maximum atomic E-state index is 5.19. The second kappa shape index (κ2) is 7.15. The third kappa shape index (κ3) is 3.62. The molecule has 1 aliphatic rings. The molecule has 0 amide bonds. The van der Waals surface area contributed by atoms with Crippen molar-refractivity contribution in [2.24, 2.45) is 0 Å². The van der Waals surface area contributed by atoms with Gasteiger partial charge in [0.1, 0.15) is 0 Å². The minimum Gasteiger partial charge on any atom is -0.481 e. The molecule has 1 saturated heterocycles. The average Bonchev–Trinajstić information content (AvgIpc) is 2.62. The fourth-order valence-electron chi connectivity index (χ4n) is 2.55. The molecule has 3 rings (SSSR count). The Kier molecular flexibility index (Phi) is 4.77. The van der Waals surface area contributed by atoms with Gasteiger partial charge >= 0.3 is 0 Å². The zero-order chi connectivity index (χ0) is 16.1. The van der Waals surface area contributed by atoms with Crippen molar-refractivity contribution in [2.75, 3.05) is 50.6 Å². The van der Waals surface area contributed by atoms with Gasteiger partial charge in [0.15, 0.2) is 0 Å². The van der Waals surface area contributed by atoms with Crippen LogP contribution in [0.4, 0.5) is 17.3 Å². The summed E-state index contributed by atoms with van der Waals surface area (Å²) in [6.45, 7) is 3.91. The number of hydrogen-bond acceptors (Lipinski definition) is 7. The van der Waals surface area contributed by atoms with Crippen LogP contribution in [0.15, 0.2) is 30.3 Å². The van der Waals surface area contributed by atoms with Crippen LogP contribution in [-0.4, -0.2) is 50.4 Å². The predicted molar refractivity (Wildman–Crippen MR) is 89.9 cm³/mol. The van der Waals surface area contributed by atoms with Crippen LogP contribution in [0.1, 0.15) is 0 Å². The van der Waals surface area contributed by atoms with Crippen LogP contribution in [0.5, 0.6) is 11.8 Å². The van der Waals surface area contributed by atoms with Gasteiger partial charge in [-0.2, -0.15) is 9.97 Å². The summed E-state index contributed by atoms with van der Waals surface area (Å²) in [5.74, 6) is 1.36. The quantitative estimate of drug-likeness (QED) is 0.869. The maximum Gasteiger partial charge on any atom is 0.233 e. The second-order valence-corrected chi connectivity index (χ2v) is 5.16. The third-order valence-electron chi connectivity index (χ3n) is 3.71.